The fourth-order valence-electron chi connectivity index (χ4n) is 4.42. The Kier molecular flexibility index (Phi) is 5.24. The summed E-state index contributed by atoms with van der Waals surface area (Å²) in [5.41, 5.74) is 6.43. The number of carbonyl (C=O) groups excluding carboxylic acids is 1. The fraction of sp³-hybridized carbons (Fsp3) is 0.148. The maximum Gasteiger partial charge on any atom is 0.210 e. The number of ketones is 1. The molecule has 0 saturated heterocycles. The monoisotopic (exact) mass is 443 g/mol. The Morgan fingerprint density at radius 2 is 1.56 bits per heavy atom. The van der Waals surface area contributed by atoms with Crippen LogP contribution in [0, 0.1) is 0 Å². The van der Waals surface area contributed by atoms with Crippen molar-refractivity contribution in [3.05, 3.63) is 94.6 Å². The molecule has 0 amide bonds. The van der Waals surface area contributed by atoms with Gasteiger partial charge in [0.15, 0.2) is 11.5 Å². The lowest BCUT2D eigenvalue weighted by Crippen LogP contribution is -2.17. The smallest absolute Gasteiger partial charge is 0.210 e. The van der Waals surface area contributed by atoms with Gasteiger partial charge in [-0.3, -0.25) is 4.79 Å². The predicted molar refractivity (Wildman–Crippen MR) is 127 cm³/mol. The van der Waals surface area contributed by atoms with Crippen molar-refractivity contribution in [3.63, 3.8) is 0 Å². The SMILES string of the molecule is COc1cc2c(cc1OC)-c1cc(-c3ccc(Cl)cc3)c(C(=O)c3ccccc3)n1CC2. The number of benzene rings is 3. The van der Waals surface area contributed by atoms with Crippen LogP contribution in [0.5, 0.6) is 11.5 Å². The predicted octanol–water partition coefficient (Wildman–Crippen LogP) is 6.28. The number of ether oxygens (including phenoxy) is 2. The normalized spacial score (nSPS) is 12.1. The number of aromatic nitrogens is 1. The summed E-state index contributed by atoms with van der Waals surface area (Å²) < 4.78 is 13.2. The van der Waals surface area contributed by atoms with E-state index in [-0.39, 0.29) is 5.78 Å². The number of hydrogen-bond donors (Lipinski definition) is 0. The van der Waals surface area contributed by atoms with Crippen LogP contribution >= 0.6 is 11.6 Å². The second-order valence-electron chi connectivity index (χ2n) is 7.76. The largest absolute Gasteiger partial charge is 0.493 e. The summed E-state index contributed by atoms with van der Waals surface area (Å²) in [6.07, 6.45) is 0.798. The van der Waals surface area contributed by atoms with Crippen LogP contribution in [0.2, 0.25) is 5.02 Å². The second-order valence-corrected chi connectivity index (χ2v) is 8.20. The van der Waals surface area contributed by atoms with Gasteiger partial charge in [-0.05, 0) is 47.9 Å². The molecule has 0 atom stereocenters. The van der Waals surface area contributed by atoms with E-state index in [0.717, 1.165) is 28.8 Å². The number of hydrogen-bond acceptors (Lipinski definition) is 3. The molecule has 4 aromatic rings. The standard InChI is InChI=1S/C27H22ClNO3/c1-31-24-14-19-12-13-29-23(21(19)16-25(24)32-2)15-22(17-8-10-20(28)11-9-17)26(29)27(30)18-6-4-3-5-7-18/h3-11,14-16H,12-13H2,1-2H3. The molecule has 0 spiro atoms. The van der Waals surface area contributed by atoms with E-state index in [9.17, 15) is 4.79 Å². The molecular weight excluding hydrogens is 422 g/mol. The van der Waals surface area contributed by atoms with Crippen LogP contribution in [0.3, 0.4) is 0 Å². The van der Waals surface area contributed by atoms with Gasteiger partial charge in [0.25, 0.3) is 0 Å². The van der Waals surface area contributed by atoms with E-state index in [2.05, 4.69) is 10.6 Å². The summed E-state index contributed by atoms with van der Waals surface area (Å²) in [6, 6.07) is 23.2. The number of fused-ring (bicyclic) bond motifs is 3. The van der Waals surface area contributed by atoms with Crippen molar-refractivity contribution in [2.75, 3.05) is 14.2 Å². The Morgan fingerprint density at radius 3 is 2.25 bits per heavy atom. The van der Waals surface area contributed by atoms with E-state index >= 15 is 0 Å². The van der Waals surface area contributed by atoms with Gasteiger partial charge in [0.2, 0.25) is 5.78 Å². The highest BCUT2D eigenvalue weighted by Gasteiger charge is 2.28. The van der Waals surface area contributed by atoms with Gasteiger partial charge in [-0.2, -0.15) is 0 Å². The maximum absolute atomic E-state index is 13.7. The topological polar surface area (TPSA) is 40.5 Å². The van der Waals surface area contributed by atoms with Gasteiger partial charge in [0, 0.05) is 34.0 Å². The number of carbonyl (C=O) groups is 1. The molecule has 0 aliphatic carbocycles. The molecule has 5 rings (SSSR count). The molecule has 160 valence electrons. The average molecular weight is 444 g/mol. The molecule has 4 nitrogen and oxygen atoms in total. The fourth-order valence-corrected chi connectivity index (χ4v) is 4.55. The van der Waals surface area contributed by atoms with Crippen LogP contribution in [0.25, 0.3) is 22.4 Å². The molecule has 1 aliphatic rings. The number of rotatable bonds is 5. The molecule has 5 heteroatoms. The number of halogens is 1. The van der Waals surface area contributed by atoms with Crippen molar-refractivity contribution >= 4 is 17.4 Å². The summed E-state index contributed by atoms with van der Waals surface area (Å²) in [4.78, 5) is 13.7. The average Bonchev–Trinajstić information content (AvgIpc) is 3.23. The third-order valence-electron chi connectivity index (χ3n) is 5.99. The molecule has 1 aromatic heterocycles. The quantitative estimate of drug-likeness (QED) is 0.341. The van der Waals surface area contributed by atoms with Crippen LogP contribution in [0.4, 0.5) is 0 Å². The van der Waals surface area contributed by atoms with Gasteiger partial charge in [-0.25, -0.2) is 0 Å². The van der Waals surface area contributed by atoms with E-state index in [1.807, 2.05) is 66.7 Å². The molecule has 0 saturated carbocycles. The molecule has 0 bridgehead atoms. The Balaban J connectivity index is 1.75. The van der Waals surface area contributed by atoms with Crippen LogP contribution in [-0.2, 0) is 13.0 Å². The zero-order valence-corrected chi connectivity index (χ0v) is 18.6. The third-order valence-corrected chi connectivity index (χ3v) is 6.25. The van der Waals surface area contributed by atoms with E-state index in [0.29, 0.717) is 34.3 Å². The van der Waals surface area contributed by atoms with Gasteiger partial charge in [-0.1, -0.05) is 54.1 Å². The Morgan fingerprint density at radius 1 is 0.875 bits per heavy atom. The second kappa shape index (κ2) is 8.21. The highest BCUT2D eigenvalue weighted by molar-refractivity contribution is 6.30. The summed E-state index contributed by atoms with van der Waals surface area (Å²) >= 11 is 6.13. The van der Waals surface area contributed by atoms with Crippen molar-refractivity contribution in [2.24, 2.45) is 0 Å². The third kappa shape index (κ3) is 3.37. The van der Waals surface area contributed by atoms with E-state index in [1.54, 1.807) is 14.2 Å². The molecule has 1 aliphatic heterocycles. The molecule has 2 heterocycles. The van der Waals surface area contributed by atoms with Gasteiger partial charge in [0.1, 0.15) is 0 Å². The number of methoxy groups -OCH3 is 2. The maximum atomic E-state index is 13.7. The molecule has 0 N–H and O–H groups in total. The molecule has 0 unspecified atom stereocenters. The van der Waals surface area contributed by atoms with E-state index in [1.165, 1.54) is 5.56 Å². The summed E-state index contributed by atoms with van der Waals surface area (Å²) in [5, 5.41) is 0.663. The Labute approximate surface area is 192 Å². The zero-order chi connectivity index (χ0) is 22.2. The first kappa shape index (κ1) is 20.4. The van der Waals surface area contributed by atoms with Gasteiger partial charge in [-0.15, -0.1) is 0 Å². The summed E-state index contributed by atoms with van der Waals surface area (Å²) in [6.45, 7) is 0.708. The molecule has 0 fully saturated rings. The van der Waals surface area contributed by atoms with Crippen molar-refractivity contribution in [1.82, 2.24) is 4.57 Å². The van der Waals surface area contributed by atoms with Gasteiger partial charge < -0.3 is 14.0 Å². The van der Waals surface area contributed by atoms with Crippen LogP contribution in [-0.4, -0.2) is 24.6 Å². The first-order valence-electron chi connectivity index (χ1n) is 10.4. The molecule has 0 radical (unpaired) electrons. The van der Waals surface area contributed by atoms with Crippen LogP contribution in [0.1, 0.15) is 21.6 Å². The minimum atomic E-state index is 0.00530. The van der Waals surface area contributed by atoms with Crippen molar-refractivity contribution in [1.29, 1.82) is 0 Å². The van der Waals surface area contributed by atoms with E-state index in [4.69, 9.17) is 21.1 Å². The van der Waals surface area contributed by atoms with Crippen LogP contribution < -0.4 is 9.47 Å². The Hall–Kier alpha value is -3.50. The first-order chi connectivity index (χ1) is 15.6. The first-order valence-corrected chi connectivity index (χ1v) is 10.8. The lowest BCUT2D eigenvalue weighted by Gasteiger charge is -2.23. The molecule has 3 aromatic carbocycles. The van der Waals surface area contributed by atoms with E-state index < -0.39 is 0 Å². The van der Waals surface area contributed by atoms with Gasteiger partial charge in [0.05, 0.1) is 19.9 Å². The summed E-state index contributed by atoms with van der Waals surface area (Å²) in [5.74, 6) is 1.39. The lowest BCUT2D eigenvalue weighted by molar-refractivity contribution is 0.103. The lowest BCUT2D eigenvalue weighted by atomic mass is 9.97. The minimum Gasteiger partial charge on any atom is -0.493 e. The van der Waals surface area contributed by atoms with Crippen molar-refractivity contribution in [2.45, 2.75) is 13.0 Å². The molecular formula is C27H22ClNO3. The van der Waals surface area contributed by atoms with Gasteiger partial charge >= 0.3 is 0 Å². The highest BCUT2D eigenvalue weighted by Crippen LogP contribution is 2.42. The zero-order valence-electron chi connectivity index (χ0n) is 17.9. The summed E-state index contributed by atoms with van der Waals surface area (Å²) in [7, 11) is 3.28. The van der Waals surface area contributed by atoms with Crippen molar-refractivity contribution in [3.8, 4) is 33.9 Å². The number of nitrogens with zero attached hydrogens (tertiary/aromatic N) is 1. The minimum absolute atomic E-state index is 0.00530. The Bertz CT molecular complexity index is 1310. The van der Waals surface area contributed by atoms with Crippen molar-refractivity contribution < 1.29 is 14.3 Å². The highest BCUT2D eigenvalue weighted by atomic mass is 35.5. The van der Waals surface area contributed by atoms with Crippen LogP contribution in [0.15, 0.2) is 72.8 Å². The molecule has 32 heavy (non-hydrogen) atoms. The number of aryl methyl sites for hydroxylation is 1.